The molecule has 26 heavy (non-hydrogen) atoms. The molecule has 7 heteroatoms. The summed E-state index contributed by atoms with van der Waals surface area (Å²) in [5.41, 5.74) is 3.43. The van der Waals surface area contributed by atoms with Gasteiger partial charge in [-0.1, -0.05) is 42.5 Å². The van der Waals surface area contributed by atoms with Gasteiger partial charge in [0.1, 0.15) is 12.4 Å². The lowest BCUT2D eigenvalue weighted by Gasteiger charge is -2.06. The predicted molar refractivity (Wildman–Crippen MR) is 102 cm³/mol. The van der Waals surface area contributed by atoms with Gasteiger partial charge >= 0.3 is 0 Å². The third kappa shape index (κ3) is 6.07. The summed E-state index contributed by atoms with van der Waals surface area (Å²) in [6, 6.07) is 13.7. The van der Waals surface area contributed by atoms with Crippen LogP contribution in [0.15, 0.2) is 66.3 Å². The fourth-order valence-electron chi connectivity index (χ4n) is 1.97. The average Bonchev–Trinajstić information content (AvgIpc) is 2.65. The molecule has 0 atom stereocenters. The van der Waals surface area contributed by atoms with Crippen molar-refractivity contribution in [3.8, 4) is 5.75 Å². The van der Waals surface area contributed by atoms with Gasteiger partial charge in [0.15, 0.2) is 0 Å². The van der Waals surface area contributed by atoms with Crippen LogP contribution >= 0.6 is 11.6 Å². The second kappa shape index (κ2) is 10.0. The molecule has 0 saturated carbocycles. The third-order valence-electron chi connectivity index (χ3n) is 3.16. The van der Waals surface area contributed by atoms with Crippen molar-refractivity contribution in [1.82, 2.24) is 10.7 Å². The second-order valence-corrected chi connectivity index (χ2v) is 5.56. The number of halogens is 1. The SMILES string of the molecule is C=CCOc1ccccc1/C=N\NC(=O)CNC(=O)c1cccc(Cl)c1. The maximum atomic E-state index is 11.9. The zero-order valence-electron chi connectivity index (χ0n) is 13.9. The van der Waals surface area contributed by atoms with Crippen LogP contribution in [-0.4, -0.2) is 31.2 Å². The van der Waals surface area contributed by atoms with E-state index in [-0.39, 0.29) is 6.54 Å². The molecule has 2 N–H and O–H groups in total. The first kappa shape index (κ1) is 19.2. The van der Waals surface area contributed by atoms with Gasteiger partial charge in [0.25, 0.3) is 11.8 Å². The maximum absolute atomic E-state index is 11.9. The van der Waals surface area contributed by atoms with Crippen molar-refractivity contribution in [2.45, 2.75) is 0 Å². The number of hydrogen-bond donors (Lipinski definition) is 2. The minimum Gasteiger partial charge on any atom is -0.489 e. The molecule has 2 rings (SSSR count). The normalized spacial score (nSPS) is 10.3. The van der Waals surface area contributed by atoms with Gasteiger partial charge in [-0.25, -0.2) is 5.43 Å². The van der Waals surface area contributed by atoms with Crippen LogP contribution in [0.4, 0.5) is 0 Å². The Morgan fingerprint density at radius 3 is 2.77 bits per heavy atom. The molecule has 6 nitrogen and oxygen atoms in total. The summed E-state index contributed by atoms with van der Waals surface area (Å²) in [5.74, 6) is -0.226. The van der Waals surface area contributed by atoms with E-state index in [1.807, 2.05) is 12.1 Å². The lowest BCUT2D eigenvalue weighted by Crippen LogP contribution is -2.34. The third-order valence-corrected chi connectivity index (χ3v) is 3.40. The summed E-state index contributed by atoms with van der Waals surface area (Å²) < 4.78 is 5.49. The first-order valence-electron chi connectivity index (χ1n) is 7.78. The van der Waals surface area contributed by atoms with Crippen LogP contribution in [0.3, 0.4) is 0 Å². The molecule has 0 aliphatic carbocycles. The Hall–Kier alpha value is -3.12. The minimum absolute atomic E-state index is 0.211. The van der Waals surface area contributed by atoms with Crippen molar-refractivity contribution in [2.24, 2.45) is 5.10 Å². The zero-order valence-corrected chi connectivity index (χ0v) is 14.7. The molecule has 2 aromatic rings. The smallest absolute Gasteiger partial charge is 0.259 e. The molecule has 0 fully saturated rings. The van der Waals surface area contributed by atoms with Gasteiger partial charge in [0.05, 0.1) is 12.8 Å². The number of amides is 2. The van der Waals surface area contributed by atoms with E-state index in [0.29, 0.717) is 28.5 Å². The fraction of sp³-hybridized carbons (Fsp3) is 0.105. The average molecular weight is 372 g/mol. The van der Waals surface area contributed by atoms with Crippen molar-refractivity contribution < 1.29 is 14.3 Å². The van der Waals surface area contributed by atoms with E-state index in [4.69, 9.17) is 16.3 Å². The number of carbonyl (C=O) groups excluding carboxylic acids is 2. The van der Waals surface area contributed by atoms with Crippen LogP contribution in [0, 0.1) is 0 Å². The second-order valence-electron chi connectivity index (χ2n) is 5.12. The number of benzene rings is 2. The molecule has 0 radical (unpaired) electrons. The number of rotatable bonds is 8. The highest BCUT2D eigenvalue weighted by Gasteiger charge is 2.08. The predicted octanol–water partition coefficient (Wildman–Crippen LogP) is 2.78. The van der Waals surface area contributed by atoms with Gasteiger partial charge < -0.3 is 10.1 Å². The first-order chi connectivity index (χ1) is 12.6. The standard InChI is InChI=1S/C19H18ClN3O3/c1-2-10-26-17-9-4-3-6-15(17)12-22-23-18(24)13-21-19(25)14-7-5-8-16(20)11-14/h2-9,11-12H,1,10,13H2,(H,21,25)(H,23,24)/b22-12-. The van der Waals surface area contributed by atoms with Crippen LogP contribution in [-0.2, 0) is 4.79 Å². The number of nitrogens with zero attached hydrogens (tertiary/aromatic N) is 1. The topological polar surface area (TPSA) is 79.8 Å². The minimum atomic E-state index is -0.457. The number of nitrogens with one attached hydrogen (secondary N) is 2. The molecular weight excluding hydrogens is 354 g/mol. The van der Waals surface area contributed by atoms with Crippen LogP contribution in [0.25, 0.3) is 0 Å². The van der Waals surface area contributed by atoms with Gasteiger partial charge in [0, 0.05) is 16.1 Å². The van der Waals surface area contributed by atoms with Crippen molar-refractivity contribution >= 4 is 29.6 Å². The van der Waals surface area contributed by atoms with Crippen molar-refractivity contribution in [3.05, 3.63) is 77.3 Å². The molecule has 0 bridgehead atoms. The summed E-state index contributed by atoms with van der Waals surface area (Å²) in [6.45, 7) is 3.75. The lowest BCUT2D eigenvalue weighted by molar-refractivity contribution is -0.120. The molecule has 0 aromatic heterocycles. The molecule has 0 aliphatic heterocycles. The summed E-state index contributed by atoms with van der Waals surface area (Å²) in [6.07, 6.45) is 3.10. The van der Waals surface area contributed by atoms with E-state index in [1.165, 1.54) is 12.3 Å². The fourth-order valence-corrected chi connectivity index (χ4v) is 2.16. The Morgan fingerprint density at radius 1 is 1.19 bits per heavy atom. The number of carbonyl (C=O) groups is 2. The van der Waals surface area contributed by atoms with Gasteiger partial charge in [-0.2, -0.15) is 5.10 Å². The molecule has 0 spiro atoms. The number of para-hydroxylation sites is 1. The van der Waals surface area contributed by atoms with E-state index in [2.05, 4.69) is 22.4 Å². The Balaban J connectivity index is 1.84. The van der Waals surface area contributed by atoms with E-state index in [1.54, 1.807) is 36.4 Å². The Kier molecular flexibility index (Phi) is 7.39. The molecule has 0 aliphatic rings. The molecule has 0 heterocycles. The highest BCUT2D eigenvalue weighted by Crippen LogP contribution is 2.15. The summed E-state index contributed by atoms with van der Waals surface area (Å²) >= 11 is 5.83. The zero-order chi connectivity index (χ0) is 18.8. The molecule has 2 aromatic carbocycles. The van der Waals surface area contributed by atoms with Crippen LogP contribution in [0.5, 0.6) is 5.75 Å². The highest BCUT2D eigenvalue weighted by atomic mass is 35.5. The van der Waals surface area contributed by atoms with Crippen LogP contribution in [0.1, 0.15) is 15.9 Å². The lowest BCUT2D eigenvalue weighted by atomic mass is 10.2. The number of ether oxygens (including phenoxy) is 1. The van der Waals surface area contributed by atoms with Crippen LogP contribution in [0.2, 0.25) is 5.02 Å². The molecule has 134 valence electrons. The van der Waals surface area contributed by atoms with Gasteiger partial charge in [-0.05, 0) is 30.3 Å². The van der Waals surface area contributed by atoms with Crippen molar-refractivity contribution in [3.63, 3.8) is 0 Å². The van der Waals surface area contributed by atoms with Gasteiger partial charge in [-0.3, -0.25) is 9.59 Å². The summed E-state index contributed by atoms with van der Waals surface area (Å²) in [7, 11) is 0. The summed E-state index contributed by atoms with van der Waals surface area (Å²) in [5, 5.41) is 6.82. The van der Waals surface area contributed by atoms with Gasteiger partial charge in [-0.15, -0.1) is 0 Å². The van der Waals surface area contributed by atoms with Crippen LogP contribution < -0.4 is 15.5 Å². The molecule has 0 saturated heterocycles. The van der Waals surface area contributed by atoms with Crippen molar-refractivity contribution in [1.29, 1.82) is 0 Å². The van der Waals surface area contributed by atoms with E-state index < -0.39 is 11.8 Å². The first-order valence-corrected chi connectivity index (χ1v) is 8.16. The Morgan fingerprint density at radius 2 is 2.00 bits per heavy atom. The molecule has 0 unspecified atom stereocenters. The quantitative estimate of drug-likeness (QED) is 0.425. The highest BCUT2D eigenvalue weighted by molar-refractivity contribution is 6.30. The Bertz CT molecular complexity index is 821. The van der Waals surface area contributed by atoms with E-state index in [9.17, 15) is 9.59 Å². The monoisotopic (exact) mass is 371 g/mol. The molecular formula is C19H18ClN3O3. The largest absolute Gasteiger partial charge is 0.489 e. The van der Waals surface area contributed by atoms with Crippen molar-refractivity contribution in [2.75, 3.05) is 13.2 Å². The summed E-state index contributed by atoms with van der Waals surface area (Å²) in [4.78, 5) is 23.7. The van der Waals surface area contributed by atoms with E-state index in [0.717, 1.165) is 0 Å². The van der Waals surface area contributed by atoms with Gasteiger partial charge in [0.2, 0.25) is 0 Å². The van der Waals surface area contributed by atoms with E-state index >= 15 is 0 Å². The number of hydrogen-bond acceptors (Lipinski definition) is 4. The number of hydrazone groups is 1. The molecule has 2 amide bonds. The Labute approximate surface area is 156 Å². The maximum Gasteiger partial charge on any atom is 0.259 e.